The zero-order chi connectivity index (χ0) is 16.3. The molecular weight excluding hydrogens is 324 g/mol. The molecule has 0 N–H and O–H groups in total. The fourth-order valence-corrected chi connectivity index (χ4v) is 1.28. The van der Waals surface area contributed by atoms with Crippen LogP contribution in [0.15, 0.2) is 23.3 Å². The van der Waals surface area contributed by atoms with Crippen LogP contribution in [0, 0.1) is 0 Å². The highest BCUT2D eigenvalue weighted by Crippen LogP contribution is 2.61. The highest BCUT2D eigenvalue weighted by Gasteiger charge is 2.85. The maximum Gasteiger partial charge on any atom is 0.385 e. The van der Waals surface area contributed by atoms with E-state index in [-0.39, 0.29) is 0 Å². The normalized spacial score (nSPS) is 27.3. The van der Waals surface area contributed by atoms with E-state index in [1.807, 2.05) is 0 Å². The molecule has 0 aromatic rings. The van der Waals surface area contributed by atoms with Crippen molar-refractivity contribution in [1.29, 1.82) is 0 Å². The number of halogens is 12. The van der Waals surface area contributed by atoms with Gasteiger partial charge in [0.2, 0.25) is 5.83 Å². The fraction of sp³-hybridized carbons (Fsp3) is 0.500. The standard InChI is InChI=1S/C8F12/c9-2-1(4(11)12)5(13,14)7(17,18)8(19,20)6(15,16)3(2)10. The van der Waals surface area contributed by atoms with Crippen LogP contribution in [0.4, 0.5) is 52.7 Å². The van der Waals surface area contributed by atoms with Gasteiger partial charge in [-0.2, -0.15) is 43.9 Å². The third-order valence-corrected chi connectivity index (χ3v) is 2.37. The predicted molar refractivity (Wildman–Crippen MR) is 38.3 cm³/mol. The highest BCUT2D eigenvalue weighted by atomic mass is 19.4. The molecule has 1 aliphatic carbocycles. The Kier molecular flexibility index (Phi) is 3.40. The molecular formula is C8F12. The minimum absolute atomic E-state index is 3.85. The first kappa shape index (κ1) is 16.7. The largest absolute Gasteiger partial charge is 0.385 e. The summed E-state index contributed by atoms with van der Waals surface area (Å²) in [5.74, 6) is -35.8. The second-order valence-electron chi connectivity index (χ2n) is 3.56. The van der Waals surface area contributed by atoms with E-state index in [0.29, 0.717) is 0 Å². The van der Waals surface area contributed by atoms with Gasteiger partial charge in [-0.3, -0.25) is 0 Å². The molecule has 0 aliphatic heterocycles. The van der Waals surface area contributed by atoms with Crippen LogP contribution in [0.5, 0.6) is 0 Å². The van der Waals surface area contributed by atoms with Crippen molar-refractivity contribution >= 4 is 0 Å². The fourth-order valence-electron chi connectivity index (χ4n) is 1.28. The summed E-state index contributed by atoms with van der Waals surface area (Å²) in [6.45, 7) is 0. The number of hydrogen-bond donors (Lipinski definition) is 0. The van der Waals surface area contributed by atoms with Gasteiger partial charge in [-0.1, -0.05) is 0 Å². The van der Waals surface area contributed by atoms with Crippen molar-refractivity contribution in [2.24, 2.45) is 0 Å². The molecule has 0 saturated heterocycles. The Labute approximate surface area is 101 Å². The van der Waals surface area contributed by atoms with E-state index in [1.165, 1.54) is 0 Å². The first-order chi connectivity index (χ1) is 8.64. The maximum absolute atomic E-state index is 12.9. The number of alkyl halides is 8. The van der Waals surface area contributed by atoms with Crippen LogP contribution in [0.3, 0.4) is 0 Å². The number of rotatable bonds is 0. The topological polar surface area (TPSA) is 0 Å². The first-order valence-electron chi connectivity index (χ1n) is 4.27. The third-order valence-electron chi connectivity index (χ3n) is 2.37. The Morgan fingerprint density at radius 2 is 1.00 bits per heavy atom. The molecule has 116 valence electrons. The van der Waals surface area contributed by atoms with E-state index in [1.54, 1.807) is 0 Å². The minimum Gasteiger partial charge on any atom is -0.203 e. The molecule has 0 amide bonds. The van der Waals surface area contributed by atoms with Gasteiger partial charge in [0.05, 0.1) is 0 Å². The summed E-state index contributed by atoms with van der Waals surface area (Å²) in [7, 11) is 0. The van der Waals surface area contributed by atoms with Crippen molar-refractivity contribution in [3.05, 3.63) is 23.3 Å². The molecule has 0 aromatic carbocycles. The molecule has 0 fully saturated rings. The van der Waals surface area contributed by atoms with E-state index in [4.69, 9.17) is 0 Å². The van der Waals surface area contributed by atoms with Gasteiger partial charge in [0.1, 0.15) is 5.57 Å². The SMILES string of the molecule is FC(F)=C1C(F)=C(F)C(F)(F)C(F)(F)C(F)(F)C1(F)F. The molecule has 0 spiro atoms. The van der Waals surface area contributed by atoms with Crippen LogP contribution in [0.2, 0.25) is 0 Å². The van der Waals surface area contributed by atoms with Gasteiger partial charge in [-0.05, 0) is 0 Å². The molecule has 1 aliphatic rings. The summed E-state index contributed by atoms with van der Waals surface area (Å²) in [5.41, 5.74) is -3.85. The second-order valence-corrected chi connectivity index (χ2v) is 3.56. The van der Waals surface area contributed by atoms with Crippen molar-refractivity contribution in [1.82, 2.24) is 0 Å². The quantitative estimate of drug-likeness (QED) is 0.559. The molecule has 20 heavy (non-hydrogen) atoms. The molecule has 0 nitrogen and oxygen atoms in total. The lowest BCUT2D eigenvalue weighted by atomic mass is 9.98. The highest BCUT2D eigenvalue weighted by molar-refractivity contribution is 5.43. The average molecular weight is 324 g/mol. The lowest BCUT2D eigenvalue weighted by Crippen LogP contribution is -2.61. The van der Waals surface area contributed by atoms with Gasteiger partial charge in [0.15, 0.2) is 5.83 Å². The minimum atomic E-state index is -7.17. The van der Waals surface area contributed by atoms with Crippen molar-refractivity contribution < 1.29 is 52.7 Å². The van der Waals surface area contributed by atoms with Crippen molar-refractivity contribution in [3.63, 3.8) is 0 Å². The summed E-state index contributed by atoms with van der Waals surface area (Å²) in [6, 6.07) is 0. The Morgan fingerprint density at radius 3 is 1.35 bits per heavy atom. The van der Waals surface area contributed by atoms with Crippen molar-refractivity contribution in [2.75, 3.05) is 0 Å². The van der Waals surface area contributed by atoms with Crippen LogP contribution >= 0.6 is 0 Å². The summed E-state index contributed by atoms with van der Waals surface area (Å²) in [4.78, 5) is 0. The molecule has 0 radical (unpaired) electrons. The number of hydrogen-bond acceptors (Lipinski definition) is 0. The Morgan fingerprint density at radius 1 is 0.650 bits per heavy atom. The smallest absolute Gasteiger partial charge is 0.203 e. The zero-order valence-corrected chi connectivity index (χ0v) is 8.54. The second kappa shape index (κ2) is 4.07. The maximum atomic E-state index is 12.9. The van der Waals surface area contributed by atoms with E-state index >= 15 is 0 Å². The summed E-state index contributed by atoms with van der Waals surface area (Å²) >= 11 is 0. The molecule has 0 bridgehead atoms. The van der Waals surface area contributed by atoms with Gasteiger partial charge >= 0.3 is 23.7 Å². The molecule has 0 heterocycles. The summed E-state index contributed by atoms with van der Waals surface area (Å²) in [6.07, 6.45) is -4.05. The number of allylic oxidation sites excluding steroid dienone is 3. The average Bonchev–Trinajstić information content (AvgIpc) is 2.26. The van der Waals surface area contributed by atoms with Gasteiger partial charge < -0.3 is 0 Å². The molecule has 0 unspecified atom stereocenters. The van der Waals surface area contributed by atoms with Gasteiger partial charge in [-0.15, -0.1) is 0 Å². The van der Waals surface area contributed by atoms with Gasteiger partial charge in [-0.25, -0.2) is 8.78 Å². The third kappa shape index (κ3) is 1.65. The molecule has 12 heteroatoms. The van der Waals surface area contributed by atoms with Crippen molar-refractivity contribution in [2.45, 2.75) is 23.7 Å². The molecule has 0 aromatic heterocycles. The molecule has 0 atom stereocenters. The van der Waals surface area contributed by atoms with E-state index < -0.39 is 47.0 Å². The van der Waals surface area contributed by atoms with Gasteiger partial charge in [0, 0.05) is 0 Å². The lowest BCUT2D eigenvalue weighted by Gasteiger charge is -2.33. The Hall–Kier alpha value is -1.36. The van der Waals surface area contributed by atoms with Gasteiger partial charge in [0.25, 0.3) is 6.08 Å². The van der Waals surface area contributed by atoms with E-state index in [0.717, 1.165) is 0 Å². The lowest BCUT2D eigenvalue weighted by molar-refractivity contribution is -0.348. The first-order valence-corrected chi connectivity index (χ1v) is 4.27. The Balaban J connectivity index is 3.94. The molecule has 1 rings (SSSR count). The molecule has 0 saturated carbocycles. The summed E-state index contributed by atoms with van der Waals surface area (Å²) < 4.78 is 151. The van der Waals surface area contributed by atoms with E-state index in [2.05, 4.69) is 0 Å². The van der Waals surface area contributed by atoms with E-state index in [9.17, 15) is 52.7 Å². The zero-order valence-electron chi connectivity index (χ0n) is 8.54. The Bertz CT molecular complexity index is 492. The van der Waals surface area contributed by atoms with Crippen LogP contribution < -0.4 is 0 Å². The monoisotopic (exact) mass is 324 g/mol. The van der Waals surface area contributed by atoms with Crippen LogP contribution in [0.25, 0.3) is 0 Å². The predicted octanol–water partition coefficient (Wildman–Crippen LogP) is 4.84. The van der Waals surface area contributed by atoms with Crippen molar-refractivity contribution in [3.8, 4) is 0 Å². The van der Waals surface area contributed by atoms with Crippen LogP contribution in [0.1, 0.15) is 0 Å². The van der Waals surface area contributed by atoms with Crippen LogP contribution in [-0.2, 0) is 0 Å². The van der Waals surface area contributed by atoms with Crippen LogP contribution in [-0.4, -0.2) is 23.7 Å². The summed E-state index contributed by atoms with van der Waals surface area (Å²) in [5, 5.41) is 0.